The van der Waals surface area contributed by atoms with Crippen LogP contribution in [0.3, 0.4) is 0 Å². The lowest BCUT2D eigenvalue weighted by Gasteiger charge is -2.21. The van der Waals surface area contributed by atoms with Crippen LogP contribution >= 0.6 is 0 Å². The number of likely N-dealkylation sites (N-methyl/N-ethyl adjacent to an activating group) is 1. The van der Waals surface area contributed by atoms with Gasteiger partial charge >= 0.3 is 0 Å². The maximum absolute atomic E-state index is 11.7. The fourth-order valence-corrected chi connectivity index (χ4v) is 2.07. The summed E-state index contributed by atoms with van der Waals surface area (Å²) in [7, 11) is 1.19. The van der Waals surface area contributed by atoms with Crippen LogP contribution in [0.5, 0.6) is 5.75 Å². The van der Waals surface area contributed by atoms with Crippen molar-refractivity contribution < 1.29 is 13.2 Å². The van der Waals surface area contributed by atoms with E-state index in [-0.39, 0.29) is 0 Å². The minimum absolute atomic E-state index is 0.315. The Morgan fingerprint density at radius 2 is 1.71 bits per heavy atom. The lowest BCUT2D eigenvalue weighted by molar-refractivity contribution is 0.281. The lowest BCUT2D eigenvalue weighted by atomic mass is 10.3. The van der Waals surface area contributed by atoms with Crippen LogP contribution in [0, 0.1) is 0 Å². The Hall–Kier alpha value is -1.11. The summed E-state index contributed by atoms with van der Waals surface area (Å²) >= 11 is 0. The Morgan fingerprint density at radius 1 is 1.12 bits per heavy atom. The minimum Gasteiger partial charge on any atom is -0.492 e. The van der Waals surface area contributed by atoms with Gasteiger partial charge in [-0.25, -0.2) is 0 Å². The first-order valence-corrected chi connectivity index (χ1v) is 6.66. The van der Waals surface area contributed by atoms with Crippen LogP contribution in [0.15, 0.2) is 30.3 Å². The van der Waals surface area contributed by atoms with Gasteiger partial charge in [-0.1, -0.05) is 18.2 Å². The van der Waals surface area contributed by atoms with E-state index in [9.17, 15) is 8.42 Å². The number of hydrogen-bond acceptors (Lipinski definition) is 3. The van der Waals surface area contributed by atoms with Crippen molar-refractivity contribution in [3.05, 3.63) is 30.3 Å². The third-order valence-electron chi connectivity index (χ3n) is 2.27. The van der Waals surface area contributed by atoms with E-state index in [0.717, 1.165) is 5.75 Å². The Kier molecular flexibility index (Phi) is 4.92. The van der Waals surface area contributed by atoms with E-state index in [1.54, 1.807) is 0 Å². The number of rotatable bonds is 6. The van der Waals surface area contributed by atoms with E-state index in [4.69, 9.17) is 4.74 Å². The summed E-state index contributed by atoms with van der Waals surface area (Å²) in [6.45, 7) is 0.642. The molecule has 1 rings (SSSR count). The summed E-state index contributed by atoms with van der Waals surface area (Å²) in [5.74, 6) is 0.739. The van der Waals surface area contributed by atoms with Gasteiger partial charge in [0.25, 0.3) is 10.2 Å². The van der Waals surface area contributed by atoms with Gasteiger partial charge in [-0.2, -0.15) is 17.0 Å². The highest BCUT2D eigenvalue weighted by Gasteiger charge is 2.19. The zero-order valence-corrected chi connectivity index (χ0v) is 11.1. The zero-order chi connectivity index (χ0) is 12.9. The van der Waals surface area contributed by atoms with Crippen molar-refractivity contribution in [2.45, 2.75) is 0 Å². The average Bonchev–Trinajstić information content (AvgIpc) is 2.30. The van der Waals surface area contributed by atoms with Crippen molar-refractivity contribution in [3.63, 3.8) is 0 Å². The number of nitrogens with zero attached hydrogens (tertiary/aromatic N) is 2. The summed E-state index contributed by atoms with van der Waals surface area (Å²) in [6.07, 6.45) is 0. The summed E-state index contributed by atoms with van der Waals surface area (Å²) in [5, 5.41) is 0. The highest BCUT2D eigenvalue weighted by atomic mass is 32.2. The maximum Gasteiger partial charge on any atom is 0.281 e. The van der Waals surface area contributed by atoms with E-state index in [2.05, 4.69) is 0 Å². The fourth-order valence-electron chi connectivity index (χ4n) is 1.20. The van der Waals surface area contributed by atoms with Crippen molar-refractivity contribution in [1.82, 2.24) is 8.61 Å². The van der Waals surface area contributed by atoms with Crippen LogP contribution < -0.4 is 4.74 Å². The summed E-state index contributed by atoms with van der Waals surface area (Å²) in [6, 6.07) is 9.31. The van der Waals surface area contributed by atoms with Gasteiger partial charge in [0.05, 0.1) is 0 Å². The van der Waals surface area contributed by atoms with Gasteiger partial charge in [0.1, 0.15) is 12.4 Å². The second kappa shape index (κ2) is 6.00. The van der Waals surface area contributed by atoms with Crippen LogP contribution in [-0.4, -0.2) is 51.3 Å². The molecule has 5 nitrogen and oxygen atoms in total. The third-order valence-corrected chi connectivity index (χ3v) is 4.17. The molecule has 96 valence electrons. The molecule has 1 aromatic rings. The second-order valence-electron chi connectivity index (χ2n) is 3.77. The lowest BCUT2D eigenvalue weighted by Crippen LogP contribution is -2.39. The van der Waals surface area contributed by atoms with Crippen LogP contribution in [0.4, 0.5) is 0 Å². The first-order chi connectivity index (χ1) is 7.94. The van der Waals surface area contributed by atoms with Crippen LogP contribution in [0.1, 0.15) is 0 Å². The summed E-state index contributed by atoms with van der Waals surface area (Å²) in [4.78, 5) is 0. The molecule has 0 aromatic heterocycles. The van der Waals surface area contributed by atoms with Crippen molar-refractivity contribution in [2.24, 2.45) is 0 Å². The van der Waals surface area contributed by atoms with Crippen LogP contribution in [-0.2, 0) is 10.2 Å². The van der Waals surface area contributed by atoms with Gasteiger partial charge < -0.3 is 4.74 Å². The topological polar surface area (TPSA) is 49.9 Å². The Bertz CT molecular complexity index is 431. The number of benzene rings is 1. The zero-order valence-electron chi connectivity index (χ0n) is 10.3. The van der Waals surface area contributed by atoms with Crippen LogP contribution in [0.25, 0.3) is 0 Å². The van der Waals surface area contributed by atoms with E-state index in [1.165, 1.54) is 29.8 Å². The molecule has 0 bridgehead atoms. The highest BCUT2D eigenvalue weighted by Crippen LogP contribution is 2.08. The van der Waals surface area contributed by atoms with Gasteiger partial charge in [0.15, 0.2) is 0 Å². The maximum atomic E-state index is 11.7. The molecular formula is C11H18N2O3S. The van der Waals surface area contributed by atoms with Gasteiger partial charge in [0.2, 0.25) is 0 Å². The second-order valence-corrected chi connectivity index (χ2v) is 6.02. The molecule has 0 aliphatic carbocycles. The Morgan fingerprint density at radius 3 is 2.24 bits per heavy atom. The van der Waals surface area contributed by atoms with Crippen molar-refractivity contribution in [2.75, 3.05) is 34.3 Å². The minimum atomic E-state index is -3.34. The van der Waals surface area contributed by atoms with Crippen LogP contribution in [0.2, 0.25) is 0 Å². The number of ether oxygens (including phenoxy) is 1. The van der Waals surface area contributed by atoms with E-state index in [0.29, 0.717) is 13.2 Å². The molecule has 1 aromatic carbocycles. The van der Waals surface area contributed by atoms with Crippen molar-refractivity contribution in [3.8, 4) is 5.75 Å². The average molecular weight is 258 g/mol. The first-order valence-electron chi connectivity index (χ1n) is 5.26. The molecule has 0 saturated heterocycles. The van der Waals surface area contributed by atoms with Gasteiger partial charge in [-0.15, -0.1) is 0 Å². The monoisotopic (exact) mass is 258 g/mol. The largest absolute Gasteiger partial charge is 0.492 e. The quantitative estimate of drug-likeness (QED) is 0.758. The fraction of sp³-hybridized carbons (Fsp3) is 0.455. The molecule has 0 N–H and O–H groups in total. The molecule has 0 spiro atoms. The van der Waals surface area contributed by atoms with Gasteiger partial charge in [-0.05, 0) is 12.1 Å². The van der Waals surface area contributed by atoms with Gasteiger partial charge in [-0.3, -0.25) is 0 Å². The molecule has 0 fully saturated rings. The molecule has 0 heterocycles. The molecule has 6 heteroatoms. The molecule has 0 aliphatic rings. The molecule has 0 amide bonds. The first kappa shape index (κ1) is 14.0. The number of para-hydroxylation sites is 1. The standard InChI is InChI=1S/C11H18N2O3S/c1-12(2)17(14,15)13(3)9-10-16-11-7-5-4-6-8-11/h4-8H,9-10H2,1-3H3. The summed E-state index contributed by atoms with van der Waals surface area (Å²) in [5.41, 5.74) is 0. The van der Waals surface area contributed by atoms with Crippen molar-refractivity contribution >= 4 is 10.2 Å². The van der Waals surface area contributed by atoms with E-state index >= 15 is 0 Å². The smallest absolute Gasteiger partial charge is 0.281 e. The van der Waals surface area contributed by atoms with Crippen molar-refractivity contribution in [1.29, 1.82) is 0 Å². The predicted octanol–water partition coefficient (Wildman–Crippen LogP) is 0.804. The Balaban J connectivity index is 2.42. The number of hydrogen-bond donors (Lipinski definition) is 0. The summed E-state index contributed by atoms with van der Waals surface area (Å²) < 4.78 is 31.2. The molecule has 0 saturated carbocycles. The molecule has 0 atom stereocenters. The third kappa shape index (κ3) is 3.99. The molecular weight excluding hydrogens is 240 g/mol. The molecule has 0 aliphatic heterocycles. The molecule has 17 heavy (non-hydrogen) atoms. The van der Waals surface area contributed by atoms with Gasteiger partial charge in [0, 0.05) is 27.7 Å². The molecule has 0 radical (unpaired) electrons. The Labute approximate surface area is 103 Å². The van der Waals surface area contributed by atoms with E-state index in [1.807, 2.05) is 30.3 Å². The predicted molar refractivity (Wildman–Crippen MR) is 67.2 cm³/mol. The SMILES string of the molecule is CN(C)S(=O)(=O)N(C)CCOc1ccccc1. The van der Waals surface area contributed by atoms with E-state index < -0.39 is 10.2 Å². The highest BCUT2D eigenvalue weighted by molar-refractivity contribution is 7.86. The molecule has 0 unspecified atom stereocenters. The normalized spacial score (nSPS) is 12.1.